The minimum atomic E-state index is -0.563. The Morgan fingerprint density at radius 1 is 1.77 bits per heavy atom. The van der Waals surface area contributed by atoms with Crippen LogP contribution in [0.3, 0.4) is 0 Å². The molecule has 3 nitrogen and oxygen atoms in total. The topological polar surface area (TPSA) is 38.1 Å². The third-order valence-corrected chi connectivity index (χ3v) is 2.97. The van der Waals surface area contributed by atoms with Crippen molar-refractivity contribution in [1.29, 1.82) is 0 Å². The maximum atomic E-state index is 9.66. The number of nitrogens with zero attached hydrogens (tertiary/aromatic N) is 2. The summed E-state index contributed by atoms with van der Waals surface area (Å²) in [5.41, 5.74) is 1.69. The summed E-state index contributed by atoms with van der Waals surface area (Å²) in [6, 6.07) is 0. The molecule has 1 aromatic rings. The molecule has 0 fully saturated rings. The Bertz CT molecular complexity index is 320. The molecule has 4 heteroatoms. The molecule has 0 aliphatic heterocycles. The average Bonchev–Trinajstić information content (AvgIpc) is 2.33. The van der Waals surface area contributed by atoms with Crippen molar-refractivity contribution in [3.63, 3.8) is 0 Å². The number of hydrogen-bond donors (Lipinski definition) is 1. The summed E-state index contributed by atoms with van der Waals surface area (Å²) >= 11 is 3.39. The van der Waals surface area contributed by atoms with Crippen LogP contribution in [-0.4, -0.2) is 14.9 Å². The van der Waals surface area contributed by atoms with E-state index in [0.29, 0.717) is 12.1 Å². The molecular formula is C9H13BrN2O. The largest absolute Gasteiger partial charge is 0.386 e. The lowest BCUT2D eigenvalue weighted by molar-refractivity contribution is 0.175. The van der Waals surface area contributed by atoms with E-state index in [2.05, 4.69) is 27.6 Å². The zero-order valence-corrected chi connectivity index (χ0v) is 9.37. The number of aliphatic hydroxyl groups excluding tert-OH is 1. The molecule has 0 saturated heterocycles. The molecule has 0 amide bonds. The van der Waals surface area contributed by atoms with Crippen molar-refractivity contribution in [3.8, 4) is 0 Å². The molecule has 13 heavy (non-hydrogen) atoms. The molecule has 0 spiro atoms. The third-order valence-electron chi connectivity index (χ3n) is 1.99. The Kier molecular flexibility index (Phi) is 3.27. The fourth-order valence-electron chi connectivity index (χ4n) is 1.09. The van der Waals surface area contributed by atoms with Crippen molar-refractivity contribution in [1.82, 2.24) is 9.78 Å². The normalized spacial score (nSPS) is 12.9. The number of hydrogen-bond acceptors (Lipinski definition) is 2. The summed E-state index contributed by atoms with van der Waals surface area (Å²) in [4.78, 5) is 0. The van der Waals surface area contributed by atoms with Gasteiger partial charge in [0.1, 0.15) is 11.8 Å². The van der Waals surface area contributed by atoms with Crippen LogP contribution in [0, 0.1) is 6.92 Å². The van der Waals surface area contributed by atoms with E-state index in [-0.39, 0.29) is 0 Å². The van der Waals surface area contributed by atoms with Gasteiger partial charge in [-0.25, -0.2) is 0 Å². The van der Waals surface area contributed by atoms with Gasteiger partial charge in [0, 0.05) is 12.7 Å². The first-order valence-electron chi connectivity index (χ1n) is 4.06. The molecular weight excluding hydrogens is 232 g/mol. The summed E-state index contributed by atoms with van der Waals surface area (Å²) in [7, 11) is 1.85. The van der Waals surface area contributed by atoms with Crippen LogP contribution in [0.2, 0.25) is 0 Å². The maximum Gasteiger partial charge on any atom is 0.106 e. The monoisotopic (exact) mass is 244 g/mol. The molecule has 0 unspecified atom stereocenters. The van der Waals surface area contributed by atoms with Crippen LogP contribution in [0.1, 0.15) is 23.9 Å². The molecule has 1 aromatic heterocycles. The van der Waals surface area contributed by atoms with Crippen molar-refractivity contribution >= 4 is 15.9 Å². The van der Waals surface area contributed by atoms with E-state index < -0.39 is 6.10 Å². The molecule has 0 saturated carbocycles. The van der Waals surface area contributed by atoms with Crippen LogP contribution in [0.4, 0.5) is 0 Å². The fourth-order valence-corrected chi connectivity index (χ4v) is 1.69. The number of aromatic nitrogens is 2. The molecule has 1 heterocycles. The first-order chi connectivity index (χ1) is 6.07. The Hall–Kier alpha value is -0.610. The van der Waals surface area contributed by atoms with Crippen molar-refractivity contribution in [3.05, 3.63) is 28.5 Å². The van der Waals surface area contributed by atoms with Crippen LogP contribution in [0.5, 0.6) is 0 Å². The van der Waals surface area contributed by atoms with Crippen molar-refractivity contribution in [2.45, 2.75) is 19.4 Å². The first kappa shape index (κ1) is 10.5. The van der Waals surface area contributed by atoms with Gasteiger partial charge in [-0.2, -0.15) is 5.10 Å². The second-order valence-electron chi connectivity index (χ2n) is 2.95. The van der Waals surface area contributed by atoms with Gasteiger partial charge < -0.3 is 5.11 Å². The Morgan fingerprint density at radius 2 is 2.38 bits per heavy atom. The summed E-state index contributed by atoms with van der Waals surface area (Å²) < 4.78 is 2.62. The summed E-state index contributed by atoms with van der Waals surface area (Å²) in [5.74, 6) is 0. The predicted octanol–water partition coefficient (Wildman–Crippen LogP) is 2.10. The highest BCUT2D eigenvalue weighted by atomic mass is 79.9. The minimum absolute atomic E-state index is 0.523. The molecule has 72 valence electrons. The SMILES string of the molecule is C=CC[C@@H](O)c1nn(C)c(C)c1Br. The van der Waals surface area contributed by atoms with E-state index in [4.69, 9.17) is 0 Å². The second kappa shape index (κ2) is 4.07. The van der Waals surface area contributed by atoms with Gasteiger partial charge in [-0.3, -0.25) is 4.68 Å². The average molecular weight is 245 g/mol. The van der Waals surface area contributed by atoms with Gasteiger partial charge >= 0.3 is 0 Å². The first-order valence-corrected chi connectivity index (χ1v) is 4.85. The van der Waals surface area contributed by atoms with Crippen LogP contribution in [0.15, 0.2) is 17.1 Å². The molecule has 0 bridgehead atoms. The van der Waals surface area contributed by atoms with Crippen LogP contribution in [0.25, 0.3) is 0 Å². The van der Waals surface area contributed by atoms with E-state index in [1.165, 1.54) is 0 Å². The van der Waals surface area contributed by atoms with Gasteiger partial charge in [-0.1, -0.05) is 6.08 Å². The lowest BCUT2D eigenvalue weighted by Gasteiger charge is -2.03. The van der Waals surface area contributed by atoms with Gasteiger partial charge in [0.25, 0.3) is 0 Å². The lowest BCUT2D eigenvalue weighted by atomic mass is 10.2. The van der Waals surface area contributed by atoms with Gasteiger partial charge in [0.15, 0.2) is 0 Å². The second-order valence-corrected chi connectivity index (χ2v) is 3.74. The fraction of sp³-hybridized carbons (Fsp3) is 0.444. The molecule has 0 aliphatic carbocycles. The van der Waals surface area contributed by atoms with E-state index in [9.17, 15) is 5.11 Å². The standard InChI is InChI=1S/C9H13BrN2O/c1-4-5-7(13)9-8(10)6(2)12(3)11-9/h4,7,13H,1,5H2,2-3H3/t7-/m1/s1. The quantitative estimate of drug-likeness (QED) is 0.828. The van der Waals surface area contributed by atoms with Gasteiger partial charge in [-0.15, -0.1) is 6.58 Å². The van der Waals surface area contributed by atoms with E-state index in [1.807, 2.05) is 14.0 Å². The van der Waals surface area contributed by atoms with Crippen molar-refractivity contribution < 1.29 is 5.11 Å². The maximum absolute atomic E-state index is 9.66. The number of aryl methyl sites for hydroxylation is 1. The lowest BCUT2D eigenvalue weighted by Crippen LogP contribution is -1.99. The number of aliphatic hydroxyl groups is 1. The molecule has 0 radical (unpaired) electrons. The Balaban J connectivity index is 3.00. The highest BCUT2D eigenvalue weighted by molar-refractivity contribution is 9.10. The predicted molar refractivity (Wildman–Crippen MR) is 55.4 cm³/mol. The smallest absolute Gasteiger partial charge is 0.106 e. The molecule has 1 atom stereocenters. The van der Waals surface area contributed by atoms with Gasteiger partial charge in [-0.05, 0) is 29.3 Å². The molecule has 0 aromatic carbocycles. The number of rotatable bonds is 3. The van der Waals surface area contributed by atoms with Gasteiger partial charge in [0.2, 0.25) is 0 Å². The van der Waals surface area contributed by atoms with Crippen LogP contribution >= 0.6 is 15.9 Å². The summed E-state index contributed by atoms with van der Waals surface area (Å²) in [6.07, 6.45) is 1.64. The molecule has 1 rings (SSSR count). The Morgan fingerprint density at radius 3 is 2.77 bits per heavy atom. The van der Waals surface area contributed by atoms with Crippen LogP contribution < -0.4 is 0 Å². The van der Waals surface area contributed by atoms with Crippen LogP contribution in [-0.2, 0) is 7.05 Å². The highest BCUT2D eigenvalue weighted by Crippen LogP contribution is 2.27. The molecule has 1 N–H and O–H groups in total. The Labute approximate surface area is 86.2 Å². The van der Waals surface area contributed by atoms with E-state index >= 15 is 0 Å². The van der Waals surface area contributed by atoms with E-state index in [1.54, 1.807) is 10.8 Å². The minimum Gasteiger partial charge on any atom is -0.386 e. The van der Waals surface area contributed by atoms with E-state index in [0.717, 1.165) is 10.2 Å². The number of halogens is 1. The van der Waals surface area contributed by atoms with Gasteiger partial charge in [0.05, 0.1) is 4.47 Å². The van der Waals surface area contributed by atoms with Crippen molar-refractivity contribution in [2.75, 3.05) is 0 Å². The summed E-state index contributed by atoms with van der Waals surface area (Å²) in [6.45, 7) is 5.52. The van der Waals surface area contributed by atoms with Crippen molar-refractivity contribution in [2.24, 2.45) is 7.05 Å². The molecule has 0 aliphatic rings. The zero-order chi connectivity index (χ0) is 10.0. The zero-order valence-electron chi connectivity index (χ0n) is 7.79. The highest BCUT2D eigenvalue weighted by Gasteiger charge is 2.16. The summed E-state index contributed by atoms with van der Waals surface area (Å²) in [5, 5.41) is 13.9. The third kappa shape index (κ3) is 2.00.